The number of carbonyl (C=O) groups is 2. The molecular formula is C26H32ClN7O4. The van der Waals surface area contributed by atoms with E-state index in [-0.39, 0.29) is 12.3 Å². The summed E-state index contributed by atoms with van der Waals surface area (Å²) in [5.41, 5.74) is 0.0548. The Morgan fingerprint density at radius 3 is 2.39 bits per heavy atom. The van der Waals surface area contributed by atoms with Gasteiger partial charge in [-0.1, -0.05) is 11.6 Å². The second kappa shape index (κ2) is 9.53. The predicted molar refractivity (Wildman–Crippen MR) is 143 cm³/mol. The Labute approximate surface area is 226 Å². The molecule has 1 saturated carbocycles. The highest BCUT2D eigenvalue weighted by Gasteiger charge is 2.46. The highest BCUT2D eigenvalue weighted by atomic mass is 35.5. The summed E-state index contributed by atoms with van der Waals surface area (Å²) in [5.74, 6) is 1.41. The van der Waals surface area contributed by atoms with Crippen LogP contribution in [0.25, 0.3) is 0 Å². The summed E-state index contributed by atoms with van der Waals surface area (Å²) in [4.78, 5) is 45.8. The van der Waals surface area contributed by atoms with Crippen LogP contribution in [0.5, 0.6) is 0 Å². The lowest BCUT2D eigenvalue weighted by molar-refractivity contribution is 0.102. The van der Waals surface area contributed by atoms with Crippen LogP contribution in [0, 0.1) is 5.41 Å². The maximum absolute atomic E-state index is 13.6. The number of hydrogen-bond acceptors (Lipinski definition) is 9. The molecule has 1 N–H and O–H groups in total. The van der Waals surface area contributed by atoms with Crippen LogP contribution in [-0.4, -0.2) is 78.5 Å². The molecule has 38 heavy (non-hydrogen) atoms. The first-order valence-corrected chi connectivity index (χ1v) is 13.5. The van der Waals surface area contributed by atoms with Crippen LogP contribution in [0.2, 0.25) is 5.02 Å². The van der Waals surface area contributed by atoms with Crippen LogP contribution in [0.4, 0.5) is 28.1 Å². The van der Waals surface area contributed by atoms with Gasteiger partial charge in [-0.2, -0.15) is 0 Å². The third-order valence-corrected chi connectivity index (χ3v) is 8.17. The van der Waals surface area contributed by atoms with Crippen molar-refractivity contribution >= 4 is 46.9 Å². The molecule has 4 aliphatic rings. The van der Waals surface area contributed by atoms with Gasteiger partial charge in [-0.15, -0.1) is 0 Å². The lowest BCUT2D eigenvalue weighted by Gasteiger charge is -2.34. The van der Waals surface area contributed by atoms with Gasteiger partial charge in [0.25, 0.3) is 5.91 Å². The van der Waals surface area contributed by atoms with Gasteiger partial charge in [0, 0.05) is 31.2 Å². The fourth-order valence-electron chi connectivity index (χ4n) is 5.42. The smallest absolute Gasteiger partial charge is 0.416 e. The summed E-state index contributed by atoms with van der Waals surface area (Å²) >= 11 is 6.38. The molecule has 2 amide bonds. The Morgan fingerprint density at radius 2 is 1.74 bits per heavy atom. The SMILES string of the molecule is CC1(C)COC(=O)N1c1cnc(C(=O)Nc2cc(Cl)cc(N3CCOCC3)n2)c(N2CCC3(CC2)CC3)n1. The maximum Gasteiger partial charge on any atom is 0.416 e. The lowest BCUT2D eigenvalue weighted by atomic mass is 9.93. The van der Waals surface area contributed by atoms with Gasteiger partial charge in [0.15, 0.2) is 17.3 Å². The number of carbonyl (C=O) groups excluding carboxylic acids is 2. The molecule has 5 heterocycles. The maximum atomic E-state index is 13.6. The van der Waals surface area contributed by atoms with Gasteiger partial charge in [0.1, 0.15) is 18.2 Å². The first-order valence-electron chi connectivity index (χ1n) is 13.1. The molecule has 202 valence electrons. The Morgan fingerprint density at radius 1 is 1.00 bits per heavy atom. The predicted octanol–water partition coefficient (Wildman–Crippen LogP) is 3.73. The number of morpholine rings is 1. The molecule has 1 spiro atoms. The van der Waals surface area contributed by atoms with E-state index in [0.717, 1.165) is 25.9 Å². The zero-order chi connectivity index (χ0) is 26.5. The van der Waals surface area contributed by atoms with E-state index in [0.29, 0.717) is 60.0 Å². The normalized spacial score (nSPS) is 22.0. The molecule has 0 unspecified atom stereocenters. The molecule has 2 aromatic rings. The molecule has 0 aromatic carbocycles. The lowest BCUT2D eigenvalue weighted by Crippen LogP contribution is -2.43. The van der Waals surface area contributed by atoms with E-state index in [1.165, 1.54) is 23.9 Å². The van der Waals surface area contributed by atoms with Gasteiger partial charge < -0.3 is 24.6 Å². The number of anilines is 4. The van der Waals surface area contributed by atoms with Crippen LogP contribution in [0.15, 0.2) is 18.3 Å². The molecule has 0 atom stereocenters. The summed E-state index contributed by atoms with van der Waals surface area (Å²) in [6.45, 7) is 8.25. The van der Waals surface area contributed by atoms with Crippen molar-refractivity contribution in [1.29, 1.82) is 0 Å². The fraction of sp³-hybridized carbons (Fsp3) is 0.577. The van der Waals surface area contributed by atoms with Gasteiger partial charge in [-0.25, -0.2) is 19.7 Å². The number of aromatic nitrogens is 3. The minimum Gasteiger partial charge on any atom is -0.447 e. The third-order valence-electron chi connectivity index (χ3n) is 7.96. The molecule has 11 nitrogen and oxygen atoms in total. The van der Waals surface area contributed by atoms with Gasteiger partial charge in [-0.3, -0.25) is 9.69 Å². The van der Waals surface area contributed by atoms with Crippen molar-refractivity contribution in [3.63, 3.8) is 0 Å². The number of rotatable bonds is 5. The minimum atomic E-state index is -0.576. The zero-order valence-electron chi connectivity index (χ0n) is 21.7. The Bertz CT molecular complexity index is 1250. The summed E-state index contributed by atoms with van der Waals surface area (Å²) in [7, 11) is 0. The van der Waals surface area contributed by atoms with E-state index in [1.54, 1.807) is 12.1 Å². The summed E-state index contributed by atoms with van der Waals surface area (Å²) < 4.78 is 10.7. The van der Waals surface area contributed by atoms with Crippen molar-refractivity contribution in [3.8, 4) is 0 Å². The van der Waals surface area contributed by atoms with Gasteiger partial charge >= 0.3 is 6.09 Å². The number of cyclic esters (lactones) is 1. The summed E-state index contributed by atoms with van der Waals surface area (Å²) in [5, 5.41) is 3.35. The number of nitrogens with zero attached hydrogens (tertiary/aromatic N) is 6. The minimum absolute atomic E-state index is 0.181. The summed E-state index contributed by atoms with van der Waals surface area (Å²) in [6.07, 6.45) is 5.62. The monoisotopic (exact) mass is 541 g/mol. The average molecular weight is 542 g/mol. The van der Waals surface area contributed by atoms with Crippen molar-refractivity contribution in [2.45, 2.75) is 45.1 Å². The molecule has 3 aliphatic heterocycles. The van der Waals surface area contributed by atoms with E-state index >= 15 is 0 Å². The standard InChI is InChI=1S/C26H32ClN7O4/c1-25(2)16-38-24(36)34(25)20-15-28-21(22(31-20)33-7-5-26(3-4-26)6-8-33)23(35)30-18-13-17(27)14-19(29-18)32-9-11-37-12-10-32/h13-15H,3-12,16H2,1-2H3,(H,29,30,35). The third kappa shape index (κ3) is 4.84. The zero-order valence-corrected chi connectivity index (χ0v) is 22.5. The van der Waals surface area contributed by atoms with Crippen LogP contribution in [0.1, 0.15) is 50.0 Å². The van der Waals surface area contributed by atoms with Crippen LogP contribution >= 0.6 is 11.6 Å². The van der Waals surface area contributed by atoms with Crippen LogP contribution < -0.4 is 20.0 Å². The average Bonchev–Trinajstić information content (AvgIpc) is 3.60. The summed E-state index contributed by atoms with van der Waals surface area (Å²) in [6, 6.07) is 3.40. The number of halogens is 1. The largest absolute Gasteiger partial charge is 0.447 e. The Balaban J connectivity index is 1.30. The van der Waals surface area contributed by atoms with E-state index in [1.807, 2.05) is 13.8 Å². The number of pyridine rings is 1. The van der Waals surface area contributed by atoms with E-state index in [9.17, 15) is 9.59 Å². The van der Waals surface area contributed by atoms with E-state index in [4.69, 9.17) is 26.1 Å². The topological polar surface area (TPSA) is 113 Å². The molecule has 0 bridgehead atoms. The molecule has 3 saturated heterocycles. The quantitative estimate of drug-likeness (QED) is 0.604. The van der Waals surface area contributed by atoms with E-state index in [2.05, 4.69) is 25.1 Å². The highest BCUT2D eigenvalue weighted by Crippen LogP contribution is 2.54. The molecule has 6 rings (SSSR count). The highest BCUT2D eigenvalue weighted by molar-refractivity contribution is 6.31. The van der Waals surface area contributed by atoms with Crippen molar-refractivity contribution in [3.05, 3.63) is 29.0 Å². The van der Waals surface area contributed by atoms with Crippen LogP contribution in [-0.2, 0) is 9.47 Å². The molecule has 0 radical (unpaired) electrons. The second-order valence-electron chi connectivity index (χ2n) is 11.2. The van der Waals surface area contributed by atoms with Gasteiger partial charge in [-0.05, 0) is 57.1 Å². The molecule has 4 fully saturated rings. The molecular weight excluding hydrogens is 510 g/mol. The Kier molecular flexibility index (Phi) is 6.30. The number of ether oxygens (including phenoxy) is 2. The van der Waals surface area contributed by atoms with E-state index < -0.39 is 17.5 Å². The molecule has 12 heteroatoms. The number of nitrogens with one attached hydrogen (secondary N) is 1. The van der Waals surface area contributed by atoms with Crippen molar-refractivity contribution < 1.29 is 19.1 Å². The number of amides is 2. The first-order chi connectivity index (χ1) is 18.2. The second-order valence-corrected chi connectivity index (χ2v) is 11.6. The van der Waals surface area contributed by atoms with Crippen molar-refractivity contribution in [2.24, 2.45) is 5.41 Å². The van der Waals surface area contributed by atoms with Crippen molar-refractivity contribution in [2.75, 3.05) is 66.0 Å². The van der Waals surface area contributed by atoms with Gasteiger partial charge in [0.2, 0.25) is 0 Å². The van der Waals surface area contributed by atoms with Crippen LogP contribution in [0.3, 0.4) is 0 Å². The van der Waals surface area contributed by atoms with Crippen molar-refractivity contribution in [1.82, 2.24) is 15.0 Å². The fourth-order valence-corrected chi connectivity index (χ4v) is 5.63. The molecule has 1 aliphatic carbocycles. The number of hydrogen-bond donors (Lipinski definition) is 1. The molecule has 2 aromatic heterocycles. The van der Waals surface area contributed by atoms with Gasteiger partial charge in [0.05, 0.1) is 24.9 Å². The Hall–Kier alpha value is -3.18. The first kappa shape index (κ1) is 25.1. The number of piperidine rings is 1.